The topological polar surface area (TPSA) is 104 Å². The van der Waals surface area contributed by atoms with Crippen LogP contribution in [0.2, 0.25) is 0 Å². The molecule has 0 saturated carbocycles. The number of rotatable bonds is 5. The lowest BCUT2D eigenvalue weighted by Crippen LogP contribution is -2.50. The largest absolute Gasteiger partial charge is 0.394 e. The lowest BCUT2D eigenvalue weighted by atomic mass is 9.94. The molecule has 1 rings (SSSR count). The van der Waals surface area contributed by atoms with Gasteiger partial charge in [-0.3, -0.25) is 9.89 Å². The number of aromatic amines is 1. The summed E-state index contributed by atoms with van der Waals surface area (Å²) in [7, 11) is 0. The van der Waals surface area contributed by atoms with Crippen LogP contribution >= 0.6 is 0 Å². The standard InChI is InChI=1S/C10H18N4O2/c1-3-10(4-2,6-15)12-9(16)7-5-8(11)14-13-7/h5,15H,3-4,6H2,1-2H3,(H,12,16)(H3,11,13,14). The van der Waals surface area contributed by atoms with Crippen LogP contribution < -0.4 is 11.1 Å². The number of carbonyl (C=O) groups is 1. The Balaban J connectivity index is 2.76. The summed E-state index contributed by atoms with van der Waals surface area (Å²) in [6, 6.07) is 1.46. The molecule has 0 fully saturated rings. The molecule has 1 amide bonds. The molecule has 0 atom stereocenters. The van der Waals surface area contributed by atoms with Gasteiger partial charge in [-0.1, -0.05) is 13.8 Å². The third kappa shape index (κ3) is 2.52. The highest BCUT2D eigenvalue weighted by atomic mass is 16.3. The van der Waals surface area contributed by atoms with E-state index in [1.165, 1.54) is 6.07 Å². The maximum absolute atomic E-state index is 11.8. The lowest BCUT2D eigenvalue weighted by Gasteiger charge is -2.30. The van der Waals surface area contributed by atoms with Crippen molar-refractivity contribution in [1.29, 1.82) is 0 Å². The first-order valence-corrected chi connectivity index (χ1v) is 5.31. The fourth-order valence-electron chi connectivity index (χ4n) is 1.45. The fraction of sp³-hybridized carbons (Fsp3) is 0.600. The van der Waals surface area contributed by atoms with Crippen molar-refractivity contribution >= 4 is 11.7 Å². The van der Waals surface area contributed by atoms with E-state index in [0.717, 1.165) is 0 Å². The van der Waals surface area contributed by atoms with E-state index >= 15 is 0 Å². The maximum atomic E-state index is 11.8. The average molecular weight is 226 g/mol. The number of aromatic nitrogens is 2. The molecule has 5 N–H and O–H groups in total. The van der Waals surface area contributed by atoms with Crippen molar-refractivity contribution in [3.8, 4) is 0 Å². The summed E-state index contributed by atoms with van der Waals surface area (Å²) in [5.41, 5.74) is 5.14. The molecule has 0 bridgehead atoms. The van der Waals surface area contributed by atoms with E-state index in [2.05, 4.69) is 15.5 Å². The summed E-state index contributed by atoms with van der Waals surface area (Å²) in [6.07, 6.45) is 1.32. The van der Waals surface area contributed by atoms with Gasteiger partial charge in [0.25, 0.3) is 5.91 Å². The third-order valence-electron chi connectivity index (χ3n) is 2.88. The summed E-state index contributed by atoms with van der Waals surface area (Å²) >= 11 is 0. The maximum Gasteiger partial charge on any atom is 0.269 e. The SMILES string of the molecule is CCC(CC)(CO)NC(=O)c1cc(N)n[nH]1. The molecule has 0 aliphatic carbocycles. The molecule has 0 unspecified atom stereocenters. The van der Waals surface area contributed by atoms with E-state index in [1.54, 1.807) is 0 Å². The number of nitrogen functional groups attached to an aromatic ring is 1. The van der Waals surface area contributed by atoms with Gasteiger partial charge in [-0.15, -0.1) is 0 Å². The van der Waals surface area contributed by atoms with Gasteiger partial charge in [-0.25, -0.2) is 0 Å². The summed E-state index contributed by atoms with van der Waals surface area (Å²) in [5, 5.41) is 18.3. The van der Waals surface area contributed by atoms with E-state index < -0.39 is 5.54 Å². The second-order valence-electron chi connectivity index (χ2n) is 3.81. The molecule has 0 aromatic carbocycles. The van der Waals surface area contributed by atoms with Crippen molar-refractivity contribution < 1.29 is 9.90 Å². The van der Waals surface area contributed by atoms with Gasteiger partial charge < -0.3 is 16.2 Å². The molecule has 90 valence electrons. The van der Waals surface area contributed by atoms with Crippen LogP contribution in [0.5, 0.6) is 0 Å². The first kappa shape index (κ1) is 12.5. The quantitative estimate of drug-likeness (QED) is 0.578. The lowest BCUT2D eigenvalue weighted by molar-refractivity contribution is 0.0813. The van der Waals surface area contributed by atoms with Crippen LogP contribution in [0.25, 0.3) is 0 Å². The summed E-state index contributed by atoms with van der Waals surface area (Å²) < 4.78 is 0. The highest BCUT2D eigenvalue weighted by Gasteiger charge is 2.28. The number of aliphatic hydroxyl groups is 1. The van der Waals surface area contributed by atoms with Crippen LogP contribution in [-0.4, -0.2) is 33.4 Å². The number of H-pyrrole nitrogens is 1. The Morgan fingerprint density at radius 1 is 1.62 bits per heavy atom. The Hall–Kier alpha value is -1.56. The molecule has 1 aromatic heterocycles. The Kier molecular flexibility index (Phi) is 3.89. The van der Waals surface area contributed by atoms with Gasteiger partial charge in [0.05, 0.1) is 12.1 Å². The van der Waals surface area contributed by atoms with Crippen LogP contribution in [-0.2, 0) is 0 Å². The minimum atomic E-state index is -0.572. The van der Waals surface area contributed by atoms with Gasteiger partial charge in [0.15, 0.2) is 0 Å². The minimum absolute atomic E-state index is 0.0879. The second-order valence-corrected chi connectivity index (χ2v) is 3.81. The predicted octanol–water partition coefficient (Wildman–Crippen LogP) is 0.273. The molecule has 0 spiro atoms. The van der Waals surface area contributed by atoms with Crippen molar-refractivity contribution in [2.24, 2.45) is 0 Å². The Morgan fingerprint density at radius 3 is 2.62 bits per heavy atom. The molecule has 1 heterocycles. The molecule has 1 aromatic rings. The van der Waals surface area contributed by atoms with Crippen molar-refractivity contribution in [1.82, 2.24) is 15.5 Å². The van der Waals surface area contributed by atoms with Crippen LogP contribution in [0.15, 0.2) is 6.07 Å². The van der Waals surface area contributed by atoms with Gasteiger partial charge >= 0.3 is 0 Å². The molecular weight excluding hydrogens is 208 g/mol. The van der Waals surface area contributed by atoms with Gasteiger partial charge in [0, 0.05) is 6.07 Å². The van der Waals surface area contributed by atoms with E-state index in [-0.39, 0.29) is 18.3 Å². The van der Waals surface area contributed by atoms with Gasteiger partial charge in [-0.2, -0.15) is 5.10 Å². The zero-order valence-corrected chi connectivity index (χ0v) is 9.58. The zero-order valence-electron chi connectivity index (χ0n) is 9.58. The molecule has 16 heavy (non-hydrogen) atoms. The van der Waals surface area contributed by atoms with Crippen LogP contribution in [0, 0.1) is 0 Å². The highest BCUT2D eigenvalue weighted by molar-refractivity contribution is 5.93. The van der Waals surface area contributed by atoms with E-state index in [9.17, 15) is 9.90 Å². The van der Waals surface area contributed by atoms with Crippen molar-refractivity contribution in [3.63, 3.8) is 0 Å². The number of anilines is 1. The number of hydrogen-bond donors (Lipinski definition) is 4. The number of carbonyl (C=O) groups excluding carboxylic acids is 1. The number of nitrogens with one attached hydrogen (secondary N) is 2. The van der Waals surface area contributed by atoms with Crippen LogP contribution in [0.4, 0.5) is 5.82 Å². The number of aliphatic hydroxyl groups excluding tert-OH is 1. The average Bonchev–Trinajstić information content (AvgIpc) is 2.73. The monoisotopic (exact) mass is 226 g/mol. The van der Waals surface area contributed by atoms with E-state index in [0.29, 0.717) is 18.5 Å². The number of amides is 1. The van der Waals surface area contributed by atoms with Crippen molar-refractivity contribution in [2.45, 2.75) is 32.2 Å². The second kappa shape index (κ2) is 4.98. The third-order valence-corrected chi connectivity index (χ3v) is 2.88. The van der Waals surface area contributed by atoms with Crippen molar-refractivity contribution in [3.05, 3.63) is 11.8 Å². The molecule has 0 aliphatic rings. The normalized spacial score (nSPS) is 11.4. The Bertz CT molecular complexity index is 349. The molecule has 0 aliphatic heterocycles. The van der Waals surface area contributed by atoms with Gasteiger partial charge in [0.2, 0.25) is 0 Å². The first-order valence-electron chi connectivity index (χ1n) is 5.31. The van der Waals surface area contributed by atoms with Crippen LogP contribution in [0.3, 0.4) is 0 Å². The molecular formula is C10H18N4O2. The number of hydrogen-bond acceptors (Lipinski definition) is 4. The van der Waals surface area contributed by atoms with Gasteiger partial charge in [-0.05, 0) is 12.8 Å². The summed E-state index contributed by atoms with van der Waals surface area (Å²) in [6.45, 7) is 3.75. The predicted molar refractivity (Wildman–Crippen MR) is 60.9 cm³/mol. The molecule has 0 radical (unpaired) electrons. The number of nitrogens with two attached hydrogens (primary N) is 1. The number of nitrogens with zero attached hydrogens (tertiary/aromatic N) is 1. The fourth-order valence-corrected chi connectivity index (χ4v) is 1.45. The van der Waals surface area contributed by atoms with Crippen LogP contribution in [0.1, 0.15) is 37.2 Å². The summed E-state index contributed by atoms with van der Waals surface area (Å²) in [5.74, 6) is -0.0327. The zero-order chi connectivity index (χ0) is 12.2. The summed E-state index contributed by atoms with van der Waals surface area (Å²) in [4.78, 5) is 11.8. The highest BCUT2D eigenvalue weighted by Crippen LogP contribution is 2.15. The van der Waals surface area contributed by atoms with Crippen molar-refractivity contribution in [2.75, 3.05) is 12.3 Å². The minimum Gasteiger partial charge on any atom is -0.394 e. The van der Waals surface area contributed by atoms with E-state index in [4.69, 9.17) is 5.73 Å². The molecule has 6 nitrogen and oxygen atoms in total. The first-order chi connectivity index (χ1) is 7.56. The smallest absolute Gasteiger partial charge is 0.269 e. The Morgan fingerprint density at radius 2 is 2.25 bits per heavy atom. The van der Waals surface area contributed by atoms with Gasteiger partial charge in [0.1, 0.15) is 11.5 Å². The van der Waals surface area contributed by atoms with E-state index in [1.807, 2.05) is 13.8 Å². The Labute approximate surface area is 94.2 Å². The molecule has 0 saturated heterocycles. The molecule has 6 heteroatoms.